The summed E-state index contributed by atoms with van der Waals surface area (Å²) in [6.45, 7) is 5.24. The second-order valence-electron chi connectivity index (χ2n) is 9.46. The highest BCUT2D eigenvalue weighted by molar-refractivity contribution is 6.08. The van der Waals surface area contributed by atoms with Gasteiger partial charge < -0.3 is 4.74 Å². The maximum Gasteiger partial charge on any atom is 0.259 e. The molecule has 2 aromatic rings. The molecule has 31 heavy (non-hydrogen) atoms. The first kappa shape index (κ1) is 20.2. The molecule has 4 nitrogen and oxygen atoms in total. The van der Waals surface area contributed by atoms with Gasteiger partial charge in [0, 0.05) is 12.5 Å². The molecular formula is C27H29NO3. The Morgan fingerprint density at radius 2 is 1.77 bits per heavy atom. The number of imide groups is 1. The Balaban J connectivity index is 1.44. The molecule has 4 heteroatoms. The van der Waals surface area contributed by atoms with Crippen LogP contribution >= 0.6 is 0 Å². The van der Waals surface area contributed by atoms with E-state index in [-0.39, 0.29) is 23.7 Å². The summed E-state index contributed by atoms with van der Waals surface area (Å²) in [5.41, 5.74) is 3.21. The van der Waals surface area contributed by atoms with Crippen molar-refractivity contribution in [1.29, 1.82) is 0 Å². The van der Waals surface area contributed by atoms with Crippen molar-refractivity contribution in [3.8, 4) is 0 Å². The summed E-state index contributed by atoms with van der Waals surface area (Å²) in [5, 5.41) is 0. The van der Waals surface area contributed by atoms with Crippen molar-refractivity contribution in [2.75, 3.05) is 13.2 Å². The summed E-state index contributed by atoms with van der Waals surface area (Å²) >= 11 is 0. The van der Waals surface area contributed by atoms with E-state index in [1.165, 1.54) is 10.5 Å². The fourth-order valence-corrected chi connectivity index (χ4v) is 5.38. The number of nitrogens with zero attached hydrogens (tertiary/aromatic N) is 1. The molecule has 0 N–H and O–H groups in total. The number of hydrogen-bond acceptors (Lipinski definition) is 3. The molecule has 3 atom stereocenters. The molecule has 2 heterocycles. The molecule has 5 rings (SSSR count). The maximum atomic E-state index is 13.8. The van der Waals surface area contributed by atoms with Crippen LogP contribution in [-0.2, 0) is 19.9 Å². The average molecular weight is 416 g/mol. The van der Waals surface area contributed by atoms with E-state index in [4.69, 9.17) is 4.74 Å². The third-order valence-corrected chi connectivity index (χ3v) is 6.88. The van der Waals surface area contributed by atoms with E-state index in [0.29, 0.717) is 31.1 Å². The first-order valence-corrected chi connectivity index (χ1v) is 11.3. The molecule has 0 radical (unpaired) electrons. The molecule has 0 saturated heterocycles. The van der Waals surface area contributed by atoms with Gasteiger partial charge in [-0.1, -0.05) is 74.5 Å². The standard InChI is InChI=1S/C27H29NO3/c1-18(2)16-27(21-11-7-4-8-12-21)24-20(17-31-27)13-14-28(26(24)30)25(29)23-15-22(23)19-9-5-3-6-10-19/h3-12,18,22-23H,13-17H2,1-2H3. The number of rotatable bonds is 5. The van der Waals surface area contributed by atoms with Gasteiger partial charge in [-0.15, -0.1) is 0 Å². The van der Waals surface area contributed by atoms with E-state index in [1.807, 2.05) is 48.5 Å². The van der Waals surface area contributed by atoms with Crippen molar-refractivity contribution in [1.82, 2.24) is 4.90 Å². The summed E-state index contributed by atoms with van der Waals surface area (Å²) in [6, 6.07) is 20.2. The Bertz CT molecular complexity index is 1030. The number of hydrogen-bond donors (Lipinski definition) is 0. The molecule has 1 fully saturated rings. The zero-order valence-electron chi connectivity index (χ0n) is 18.2. The summed E-state index contributed by atoms with van der Waals surface area (Å²) in [7, 11) is 0. The lowest BCUT2D eigenvalue weighted by Crippen LogP contribution is -2.46. The third-order valence-electron chi connectivity index (χ3n) is 6.88. The molecule has 1 aliphatic carbocycles. The van der Waals surface area contributed by atoms with Crippen molar-refractivity contribution in [3.05, 3.63) is 82.9 Å². The van der Waals surface area contributed by atoms with Crippen LogP contribution in [0.3, 0.4) is 0 Å². The van der Waals surface area contributed by atoms with E-state index >= 15 is 0 Å². The van der Waals surface area contributed by atoms with Gasteiger partial charge >= 0.3 is 0 Å². The number of carbonyl (C=O) groups is 2. The molecule has 0 bridgehead atoms. The minimum absolute atomic E-state index is 0.0242. The van der Waals surface area contributed by atoms with Gasteiger partial charge in [-0.05, 0) is 47.8 Å². The first-order chi connectivity index (χ1) is 15.0. The van der Waals surface area contributed by atoms with Crippen LogP contribution in [0.15, 0.2) is 71.8 Å². The lowest BCUT2D eigenvalue weighted by molar-refractivity contribution is -0.145. The quantitative estimate of drug-likeness (QED) is 0.658. The molecule has 0 aromatic heterocycles. The second kappa shape index (κ2) is 7.76. The number of carbonyl (C=O) groups excluding carboxylic acids is 2. The zero-order valence-corrected chi connectivity index (χ0v) is 18.2. The summed E-state index contributed by atoms with van der Waals surface area (Å²) in [4.78, 5) is 28.6. The van der Waals surface area contributed by atoms with Crippen molar-refractivity contribution in [3.63, 3.8) is 0 Å². The second-order valence-corrected chi connectivity index (χ2v) is 9.46. The lowest BCUT2D eigenvalue weighted by atomic mass is 9.77. The Hall–Kier alpha value is -2.72. The van der Waals surface area contributed by atoms with E-state index in [9.17, 15) is 9.59 Å². The van der Waals surface area contributed by atoms with Crippen molar-refractivity contribution < 1.29 is 14.3 Å². The van der Waals surface area contributed by atoms with Crippen LogP contribution in [0.4, 0.5) is 0 Å². The van der Waals surface area contributed by atoms with Crippen molar-refractivity contribution in [2.45, 2.75) is 44.6 Å². The molecule has 3 unspecified atom stereocenters. The highest BCUT2D eigenvalue weighted by Crippen LogP contribution is 2.51. The van der Waals surface area contributed by atoms with Crippen LogP contribution < -0.4 is 0 Å². The predicted molar refractivity (Wildman–Crippen MR) is 119 cm³/mol. The fraction of sp³-hybridized carbons (Fsp3) is 0.407. The minimum atomic E-state index is -0.761. The monoisotopic (exact) mass is 415 g/mol. The molecule has 2 aromatic carbocycles. The summed E-state index contributed by atoms with van der Waals surface area (Å²) < 4.78 is 6.42. The Kier molecular flexibility index (Phi) is 5.05. The van der Waals surface area contributed by atoms with Gasteiger partial charge in [0.2, 0.25) is 5.91 Å². The van der Waals surface area contributed by atoms with Crippen LogP contribution in [0, 0.1) is 11.8 Å². The highest BCUT2D eigenvalue weighted by Gasteiger charge is 2.53. The number of amides is 2. The molecule has 0 spiro atoms. The topological polar surface area (TPSA) is 46.6 Å². The van der Waals surface area contributed by atoms with Crippen molar-refractivity contribution >= 4 is 11.8 Å². The Morgan fingerprint density at radius 1 is 1.10 bits per heavy atom. The van der Waals surface area contributed by atoms with E-state index in [1.54, 1.807) is 0 Å². The van der Waals surface area contributed by atoms with Gasteiger partial charge in [0.05, 0.1) is 12.2 Å². The molecular weight excluding hydrogens is 386 g/mol. The lowest BCUT2D eigenvalue weighted by Gasteiger charge is -2.36. The number of ether oxygens (including phenoxy) is 1. The zero-order chi connectivity index (χ0) is 21.6. The fourth-order valence-electron chi connectivity index (χ4n) is 5.38. The summed E-state index contributed by atoms with van der Waals surface area (Å²) in [5.74, 6) is 0.311. The van der Waals surface area contributed by atoms with Crippen LogP contribution in [0.25, 0.3) is 0 Å². The van der Waals surface area contributed by atoms with Gasteiger partial charge in [0.15, 0.2) is 0 Å². The Morgan fingerprint density at radius 3 is 2.45 bits per heavy atom. The number of benzene rings is 2. The van der Waals surface area contributed by atoms with E-state index < -0.39 is 5.60 Å². The van der Waals surface area contributed by atoms with E-state index in [2.05, 4.69) is 26.0 Å². The van der Waals surface area contributed by atoms with Gasteiger partial charge in [-0.25, -0.2) is 0 Å². The SMILES string of the molecule is CC(C)CC1(c2ccccc2)OCC2=C1C(=O)N(C(=O)C1CC1c1ccccc1)CC2. The normalized spacial score (nSPS) is 27.6. The van der Waals surface area contributed by atoms with Gasteiger partial charge in [-0.3, -0.25) is 14.5 Å². The molecule has 2 aliphatic heterocycles. The van der Waals surface area contributed by atoms with Gasteiger partial charge in [-0.2, -0.15) is 0 Å². The largest absolute Gasteiger partial charge is 0.361 e. The molecule has 160 valence electrons. The molecule has 1 saturated carbocycles. The van der Waals surface area contributed by atoms with Crippen LogP contribution in [0.5, 0.6) is 0 Å². The minimum Gasteiger partial charge on any atom is -0.361 e. The van der Waals surface area contributed by atoms with Gasteiger partial charge in [0.1, 0.15) is 5.60 Å². The maximum absolute atomic E-state index is 13.8. The third kappa shape index (κ3) is 3.43. The highest BCUT2D eigenvalue weighted by atomic mass is 16.5. The average Bonchev–Trinajstić information content (AvgIpc) is 3.50. The predicted octanol–water partition coefficient (Wildman–Crippen LogP) is 4.82. The van der Waals surface area contributed by atoms with Crippen molar-refractivity contribution in [2.24, 2.45) is 11.8 Å². The van der Waals surface area contributed by atoms with E-state index in [0.717, 1.165) is 24.0 Å². The van der Waals surface area contributed by atoms with Crippen LogP contribution in [-0.4, -0.2) is 29.9 Å². The van der Waals surface area contributed by atoms with Crippen LogP contribution in [0.2, 0.25) is 0 Å². The summed E-state index contributed by atoms with van der Waals surface area (Å²) in [6.07, 6.45) is 2.26. The van der Waals surface area contributed by atoms with Crippen LogP contribution in [0.1, 0.15) is 50.2 Å². The smallest absolute Gasteiger partial charge is 0.259 e. The first-order valence-electron chi connectivity index (χ1n) is 11.3. The molecule has 2 amide bonds. The van der Waals surface area contributed by atoms with Gasteiger partial charge in [0.25, 0.3) is 5.91 Å². The Labute approximate surface area is 183 Å². The molecule has 3 aliphatic rings.